The van der Waals surface area contributed by atoms with E-state index in [0.717, 1.165) is 62.3 Å². The van der Waals surface area contributed by atoms with Crippen LogP contribution < -0.4 is 9.80 Å². The fourth-order valence-corrected chi connectivity index (χ4v) is 7.11. The van der Waals surface area contributed by atoms with Crippen LogP contribution in [0.25, 0.3) is 5.65 Å². The molecule has 2 atom stereocenters. The van der Waals surface area contributed by atoms with E-state index < -0.39 is 5.97 Å². The van der Waals surface area contributed by atoms with Gasteiger partial charge in [-0.3, -0.25) is 4.79 Å². The van der Waals surface area contributed by atoms with Crippen molar-refractivity contribution in [3.05, 3.63) is 83.2 Å². The lowest BCUT2D eigenvalue weighted by Crippen LogP contribution is -2.34. The highest BCUT2D eigenvalue weighted by molar-refractivity contribution is 5.91. The van der Waals surface area contributed by atoms with Crippen LogP contribution in [0.1, 0.15) is 58.4 Å². The van der Waals surface area contributed by atoms with Crippen molar-refractivity contribution in [3.8, 4) is 0 Å². The number of carboxylic acid groups (broad SMARTS) is 1. The molecule has 43 heavy (non-hydrogen) atoms. The number of aromatic nitrogens is 4. The predicted molar refractivity (Wildman–Crippen MR) is 159 cm³/mol. The second-order valence-corrected chi connectivity index (χ2v) is 12.7. The zero-order valence-electron chi connectivity index (χ0n) is 24.3. The lowest BCUT2D eigenvalue weighted by atomic mass is 9.82. The second-order valence-electron chi connectivity index (χ2n) is 12.7. The number of anilines is 2. The van der Waals surface area contributed by atoms with Crippen LogP contribution in [0.4, 0.5) is 15.9 Å². The molecule has 1 amide bonds. The molecule has 222 valence electrons. The van der Waals surface area contributed by atoms with Crippen LogP contribution in [0, 0.1) is 18.2 Å². The number of aromatic carboxylic acids is 1. The van der Waals surface area contributed by atoms with Gasteiger partial charge in [-0.25, -0.2) is 23.7 Å². The molecule has 1 N–H and O–H groups in total. The summed E-state index contributed by atoms with van der Waals surface area (Å²) in [6.45, 7) is 8.46. The first-order valence-corrected chi connectivity index (χ1v) is 14.7. The summed E-state index contributed by atoms with van der Waals surface area (Å²) in [6.07, 6.45) is 4.61. The first-order valence-electron chi connectivity index (χ1n) is 14.7. The Labute approximate surface area is 248 Å². The number of aryl methyl sites for hydroxylation is 1. The summed E-state index contributed by atoms with van der Waals surface area (Å²) >= 11 is 0. The lowest BCUT2D eigenvalue weighted by molar-refractivity contribution is 0.0689. The van der Waals surface area contributed by atoms with E-state index in [1.165, 1.54) is 12.1 Å². The average Bonchev–Trinajstić information content (AvgIpc) is 3.80. The Morgan fingerprint density at radius 3 is 2.53 bits per heavy atom. The van der Waals surface area contributed by atoms with Crippen molar-refractivity contribution >= 4 is 29.0 Å². The van der Waals surface area contributed by atoms with Gasteiger partial charge in [-0.15, -0.1) is 5.10 Å². The number of likely N-dealkylation sites (tertiary alicyclic amines) is 1. The van der Waals surface area contributed by atoms with Crippen LogP contribution in [-0.4, -0.2) is 80.7 Å². The molecule has 0 unspecified atom stereocenters. The standard InChI is InChI=1S/C32H34FN7O3/c1-21-15-24(37-12-9-31(2,18-37)22-5-3-6-23(33)16-22)17-40-28(21)35-27(36-40)29(41)39-14-11-32(20-39)10-13-38(19-32)26-8-4-7-25(34-26)30(42)43/h3-8,15-17H,9-14,18-20H2,1-2H3,(H,42,43)/t31-,32-/m1/s1. The van der Waals surface area contributed by atoms with E-state index in [1.807, 2.05) is 30.2 Å². The highest BCUT2D eigenvalue weighted by Gasteiger charge is 2.46. The van der Waals surface area contributed by atoms with E-state index in [2.05, 4.69) is 37.9 Å². The largest absolute Gasteiger partial charge is 0.477 e. The molecule has 3 aliphatic heterocycles. The summed E-state index contributed by atoms with van der Waals surface area (Å²) in [5, 5.41) is 13.9. The Bertz CT molecular complexity index is 1760. The number of rotatable bonds is 5. The van der Waals surface area contributed by atoms with Crippen LogP contribution in [0.3, 0.4) is 0 Å². The maximum atomic E-state index is 13.9. The third-order valence-corrected chi connectivity index (χ3v) is 9.60. The van der Waals surface area contributed by atoms with E-state index in [4.69, 9.17) is 0 Å². The number of halogens is 1. The maximum absolute atomic E-state index is 13.9. The average molecular weight is 584 g/mol. The zero-order chi connectivity index (χ0) is 29.9. The van der Waals surface area contributed by atoms with Gasteiger partial charge in [0.1, 0.15) is 11.6 Å². The first kappa shape index (κ1) is 27.3. The molecule has 3 aromatic heterocycles. The van der Waals surface area contributed by atoms with E-state index >= 15 is 0 Å². The molecule has 3 saturated heterocycles. The van der Waals surface area contributed by atoms with Gasteiger partial charge in [0.05, 0.1) is 11.9 Å². The van der Waals surface area contributed by atoms with E-state index in [9.17, 15) is 19.1 Å². The summed E-state index contributed by atoms with van der Waals surface area (Å²) in [4.78, 5) is 40.2. The van der Waals surface area contributed by atoms with Crippen LogP contribution in [0.5, 0.6) is 0 Å². The van der Waals surface area contributed by atoms with Crippen LogP contribution in [-0.2, 0) is 5.41 Å². The summed E-state index contributed by atoms with van der Waals surface area (Å²) in [5.74, 6) is -0.589. The molecule has 0 radical (unpaired) electrons. The summed E-state index contributed by atoms with van der Waals surface area (Å²) in [7, 11) is 0. The van der Waals surface area contributed by atoms with Crippen molar-refractivity contribution in [2.45, 2.75) is 38.5 Å². The molecule has 0 aliphatic carbocycles. The third-order valence-electron chi connectivity index (χ3n) is 9.60. The quantitative estimate of drug-likeness (QED) is 0.373. The molecule has 7 rings (SSSR count). The molecule has 4 aromatic rings. The van der Waals surface area contributed by atoms with Gasteiger partial charge < -0.3 is 19.8 Å². The fourth-order valence-electron chi connectivity index (χ4n) is 7.11. The normalized spacial score (nSPS) is 23.7. The Hall–Kier alpha value is -4.54. The van der Waals surface area contributed by atoms with Gasteiger partial charge in [0.2, 0.25) is 5.82 Å². The summed E-state index contributed by atoms with van der Waals surface area (Å²) < 4.78 is 15.7. The van der Waals surface area contributed by atoms with E-state index in [1.54, 1.807) is 22.7 Å². The Morgan fingerprint density at radius 2 is 1.72 bits per heavy atom. The van der Waals surface area contributed by atoms with Gasteiger partial charge >= 0.3 is 5.97 Å². The maximum Gasteiger partial charge on any atom is 0.354 e. The van der Waals surface area contributed by atoms with Gasteiger partial charge in [-0.1, -0.05) is 25.1 Å². The lowest BCUT2D eigenvalue weighted by Gasteiger charge is -2.26. The molecule has 11 heteroatoms. The molecule has 3 aliphatic rings. The number of hydrogen-bond acceptors (Lipinski definition) is 7. The summed E-state index contributed by atoms with van der Waals surface area (Å²) in [5.41, 5.74) is 3.39. The fraction of sp³-hybridized carbons (Fsp3) is 0.406. The molecular weight excluding hydrogens is 549 g/mol. The number of carbonyl (C=O) groups is 2. The summed E-state index contributed by atoms with van der Waals surface area (Å²) in [6, 6.07) is 14.0. The smallest absolute Gasteiger partial charge is 0.354 e. The van der Waals surface area contributed by atoms with Crippen LogP contribution >= 0.6 is 0 Å². The molecule has 0 bridgehead atoms. The monoisotopic (exact) mass is 583 g/mol. The number of amides is 1. The van der Waals surface area contributed by atoms with Crippen LogP contribution in [0.15, 0.2) is 54.7 Å². The van der Waals surface area contributed by atoms with Crippen molar-refractivity contribution in [1.82, 2.24) is 24.5 Å². The minimum atomic E-state index is -1.04. The van der Waals surface area contributed by atoms with Crippen molar-refractivity contribution < 1.29 is 19.1 Å². The Morgan fingerprint density at radius 1 is 0.930 bits per heavy atom. The number of nitrogens with zero attached hydrogens (tertiary/aromatic N) is 7. The molecule has 0 saturated carbocycles. The van der Waals surface area contributed by atoms with Gasteiger partial charge in [-0.05, 0) is 67.6 Å². The van der Waals surface area contributed by atoms with Crippen molar-refractivity contribution in [3.63, 3.8) is 0 Å². The predicted octanol–water partition coefficient (Wildman–Crippen LogP) is 4.18. The third kappa shape index (κ3) is 4.86. The second kappa shape index (κ2) is 10.0. The highest BCUT2D eigenvalue weighted by Crippen LogP contribution is 2.41. The number of fused-ring (bicyclic) bond motifs is 1. The molecule has 1 spiro atoms. The van der Waals surface area contributed by atoms with E-state index in [0.29, 0.717) is 24.6 Å². The molecule has 1 aromatic carbocycles. The number of hydrogen-bond donors (Lipinski definition) is 1. The molecular formula is C32H34FN7O3. The Balaban J connectivity index is 1.06. The number of carboxylic acids is 1. The van der Waals surface area contributed by atoms with Crippen LogP contribution in [0.2, 0.25) is 0 Å². The molecule has 10 nitrogen and oxygen atoms in total. The zero-order valence-corrected chi connectivity index (χ0v) is 24.3. The topological polar surface area (TPSA) is 107 Å². The van der Waals surface area contributed by atoms with Crippen molar-refractivity contribution in [1.29, 1.82) is 0 Å². The highest BCUT2D eigenvalue weighted by atomic mass is 19.1. The Kier molecular flexibility index (Phi) is 6.37. The van der Waals surface area contributed by atoms with Gasteiger partial charge in [0.25, 0.3) is 5.91 Å². The van der Waals surface area contributed by atoms with Crippen molar-refractivity contribution in [2.24, 2.45) is 5.41 Å². The number of pyridine rings is 2. The van der Waals surface area contributed by atoms with Crippen molar-refractivity contribution in [2.75, 3.05) is 49.1 Å². The number of carbonyl (C=O) groups excluding carboxylic acids is 1. The van der Waals surface area contributed by atoms with Gasteiger partial charge in [0, 0.05) is 50.1 Å². The minimum absolute atomic E-state index is 0.0309. The first-order chi connectivity index (χ1) is 20.6. The SMILES string of the molecule is Cc1cc(N2CC[C@@](C)(c3cccc(F)c3)C2)cn2nc(C(=O)N3CC[C@@]4(CCN(c5cccc(C(=O)O)n5)C4)C3)nc12. The number of benzene rings is 1. The van der Waals surface area contributed by atoms with Gasteiger partial charge in [-0.2, -0.15) is 0 Å². The van der Waals surface area contributed by atoms with E-state index in [-0.39, 0.29) is 34.1 Å². The van der Waals surface area contributed by atoms with Gasteiger partial charge in [0.15, 0.2) is 11.3 Å². The minimum Gasteiger partial charge on any atom is -0.477 e. The molecule has 6 heterocycles. The molecule has 3 fully saturated rings.